The van der Waals surface area contributed by atoms with Gasteiger partial charge < -0.3 is 10.2 Å². The summed E-state index contributed by atoms with van der Waals surface area (Å²) in [7, 11) is -3.89. The van der Waals surface area contributed by atoms with Crippen LogP contribution < -0.4 is 9.62 Å². The molecule has 0 heterocycles. The minimum Gasteiger partial charge on any atom is -0.352 e. The molecule has 0 bridgehead atoms. The van der Waals surface area contributed by atoms with E-state index in [0.29, 0.717) is 0 Å². The Kier molecular flexibility index (Phi) is 9.17. The number of aryl methyl sites for hydroxylation is 1. The molecule has 1 atom stereocenters. The van der Waals surface area contributed by atoms with E-state index in [0.717, 1.165) is 21.7 Å². The third kappa shape index (κ3) is 7.62. The molecule has 10 heteroatoms. The van der Waals surface area contributed by atoms with Crippen molar-refractivity contribution in [3.63, 3.8) is 0 Å². The summed E-state index contributed by atoms with van der Waals surface area (Å²) in [6.45, 7) is 6.78. The third-order valence-electron chi connectivity index (χ3n) is 4.89. The summed E-state index contributed by atoms with van der Waals surface area (Å²) in [6, 6.07) is 11.0. The second kappa shape index (κ2) is 11.2. The van der Waals surface area contributed by atoms with Gasteiger partial charge in [-0.15, -0.1) is 0 Å². The molecule has 33 heavy (non-hydrogen) atoms. The molecule has 2 amide bonds. The molecule has 0 aromatic heterocycles. The molecule has 0 radical (unpaired) electrons. The Morgan fingerprint density at radius 3 is 2.30 bits per heavy atom. The number of rotatable bonds is 9. The lowest BCUT2D eigenvalue weighted by Gasteiger charge is -2.32. The maximum atomic E-state index is 13.5. The van der Waals surface area contributed by atoms with Gasteiger partial charge in [0.2, 0.25) is 21.8 Å². The van der Waals surface area contributed by atoms with Gasteiger partial charge in [0.1, 0.15) is 12.6 Å². The minimum absolute atomic E-state index is 0.0924. The van der Waals surface area contributed by atoms with Crippen LogP contribution in [0.2, 0.25) is 10.0 Å². The maximum absolute atomic E-state index is 13.5. The van der Waals surface area contributed by atoms with Crippen molar-refractivity contribution < 1.29 is 18.0 Å². The fourth-order valence-electron chi connectivity index (χ4n) is 3.27. The van der Waals surface area contributed by atoms with Gasteiger partial charge in [-0.3, -0.25) is 13.9 Å². The van der Waals surface area contributed by atoms with Crippen molar-refractivity contribution >= 4 is 50.7 Å². The highest BCUT2D eigenvalue weighted by molar-refractivity contribution is 7.92. The minimum atomic E-state index is -3.89. The average Bonchev–Trinajstić information content (AvgIpc) is 2.70. The van der Waals surface area contributed by atoms with Crippen LogP contribution in [-0.2, 0) is 26.2 Å². The van der Waals surface area contributed by atoms with Crippen molar-refractivity contribution in [2.45, 2.75) is 46.3 Å². The third-order valence-corrected chi connectivity index (χ3v) is 6.57. The normalized spacial score (nSPS) is 12.4. The summed E-state index contributed by atoms with van der Waals surface area (Å²) in [5, 5.41) is 3.21. The zero-order valence-corrected chi connectivity index (χ0v) is 21.6. The quantitative estimate of drug-likeness (QED) is 0.548. The van der Waals surface area contributed by atoms with Crippen molar-refractivity contribution in [2.24, 2.45) is 0 Å². The van der Waals surface area contributed by atoms with Gasteiger partial charge in [-0.25, -0.2) is 8.42 Å². The molecule has 0 aliphatic carbocycles. The summed E-state index contributed by atoms with van der Waals surface area (Å²) in [5.74, 6) is -0.887. The van der Waals surface area contributed by atoms with Crippen LogP contribution in [0, 0.1) is 6.92 Å². The fraction of sp³-hybridized carbons (Fsp3) is 0.391. The van der Waals surface area contributed by atoms with Crippen LogP contribution in [-0.4, -0.2) is 50.0 Å². The Labute approximate surface area is 205 Å². The number of benzene rings is 2. The summed E-state index contributed by atoms with van der Waals surface area (Å²) in [6.07, 6.45) is 0.983. The van der Waals surface area contributed by atoms with Crippen LogP contribution in [0.4, 0.5) is 5.69 Å². The van der Waals surface area contributed by atoms with E-state index in [1.165, 1.54) is 23.1 Å². The summed E-state index contributed by atoms with van der Waals surface area (Å²) < 4.78 is 26.1. The first-order valence-electron chi connectivity index (χ1n) is 10.4. The molecule has 0 fully saturated rings. The fourth-order valence-corrected chi connectivity index (χ4v) is 4.56. The average molecular weight is 514 g/mol. The number of sulfonamides is 1. The topological polar surface area (TPSA) is 86.8 Å². The van der Waals surface area contributed by atoms with Gasteiger partial charge in [-0.1, -0.05) is 53.0 Å². The number of nitrogens with zero attached hydrogens (tertiary/aromatic N) is 2. The van der Waals surface area contributed by atoms with Crippen molar-refractivity contribution in [1.29, 1.82) is 0 Å². The number of anilines is 1. The van der Waals surface area contributed by atoms with Gasteiger partial charge >= 0.3 is 0 Å². The zero-order chi connectivity index (χ0) is 24.9. The second-order valence-corrected chi connectivity index (χ2v) is 11.0. The number of carbonyl (C=O) groups excluding carboxylic acids is 2. The van der Waals surface area contributed by atoms with Crippen LogP contribution >= 0.6 is 23.2 Å². The smallest absolute Gasteiger partial charge is 0.244 e. The van der Waals surface area contributed by atoms with Crippen LogP contribution in [0.1, 0.15) is 31.9 Å². The molecular weight excluding hydrogens is 485 g/mol. The molecule has 2 aromatic rings. The first kappa shape index (κ1) is 27.0. The van der Waals surface area contributed by atoms with Crippen LogP contribution in [0.15, 0.2) is 42.5 Å². The Balaban J connectivity index is 2.44. The highest BCUT2D eigenvalue weighted by Crippen LogP contribution is 2.31. The summed E-state index contributed by atoms with van der Waals surface area (Å²) in [5.41, 5.74) is 1.91. The molecular formula is C23H29Cl2N3O4S. The van der Waals surface area contributed by atoms with Crippen molar-refractivity contribution in [2.75, 3.05) is 17.1 Å². The van der Waals surface area contributed by atoms with Gasteiger partial charge in [0.25, 0.3) is 0 Å². The zero-order valence-electron chi connectivity index (χ0n) is 19.3. The van der Waals surface area contributed by atoms with Crippen molar-refractivity contribution in [3.8, 4) is 0 Å². The van der Waals surface area contributed by atoms with Gasteiger partial charge in [0.15, 0.2) is 0 Å². The van der Waals surface area contributed by atoms with E-state index >= 15 is 0 Å². The Morgan fingerprint density at radius 2 is 1.73 bits per heavy atom. The first-order valence-corrected chi connectivity index (χ1v) is 13.0. The molecule has 0 aliphatic heterocycles. The van der Waals surface area contributed by atoms with Crippen LogP contribution in [0.5, 0.6) is 0 Å². The number of carbonyl (C=O) groups is 2. The molecule has 180 valence electrons. The SMILES string of the molecule is Cc1cccc(CN(C(=O)CN(c2cc(Cl)ccc2Cl)S(C)(=O)=O)C(C)C(=O)NC(C)C)c1. The highest BCUT2D eigenvalue weighted by atomic mass is 35.5. The number of hydrogen-bond donors (Lipinski definition) is 1. The van der Waals surface area contributed by atoms with Gasteiger partial charge in [0.05, 0.1) is 17.0 Å². The van der Waals surface area contributed by atoms with E-state index in [4.69, 9.17) is 23.2 Å². The number of amides is 2. The van der Waals surface area contributed by atoms with E-state index in [9.17, 15) is 18.0 Å². The predicted molar refractivity (Wildman–Crippen MR) is 133 cm³/mol. The van der Waals surface area contributed by atoms with Crippen LogP contribution in [0.3, 0.4) is 0 Å². The standard InChI is InChI=1S/C23H29Cl2N3O4S/c1-15(2)26-23(30)17(4)27(13-18-8-6-7-16(3)11-18)22(29)14-28(33(5,31)32)21-12-19(24)9-10-20(21)25/h6-12,15,17H,13-14H2,1-5H3,(H,26,30). The van der Waals surface area contributed by atoms with E-state index in [-0.39, 0.29) is 34.2 Å². The highest BCUT2D eigenvalue weighted by Gasteiger charge is 2.31. The van der Waals surface area contributed by atoms with Gasteiger partial charge in [-0.05, 0) is 51.5 Å². The lowest BCUT2D eigenvalue weighted by atomic mass is 10.1. The van der Waals surface area contributed by atoms with E-state index in [1.807, 2.05) is 45.0 Å². The van der Waals surface area contributed by atoms with Crippen LogP contribution in [0.25, 0.3) is 0 Å². The lowest BCUT2D eigenvalue weighted by molar-refractivity contribution is -0.139. The molecule has 0 saturated carbocycles. The number of nitrogens with one attached hydrogen (secondary N) is 1. The molecule has 7 nitrogen and oxygen atoms in total. The number of halogens is 2. The molecule has 0 aliphatic rings. The molecule has 2 aromatic carbocycles. The second-order valence-electron chi connectivity index (χ2n) is 8.22. The van der Waals surface area contributed by atoms with E-state index in [2.05, 4.69) is 5.32 Å². The molecule has 1 N–H and O–H groups in total. The van der Waals surface area contributed by atoms with Crippen molar-refractivity contribution in [1.82, 2.24) is 10.2 Å². The van der Waals surface area contributed by atoms with E-state index < -0.39 is 28.5 Å². The largest absolute Gasteiger partial charge is 0.352 e. The molecule has 1 unspecified atom stereocenters. The van der Waals surface area contributed by atoms with Crippen molar-refractivity contribution in [3.05, 3.63) is 63.6 Å². The molecule has 2 rings (SSSR count). The van der Waals surface area contributed by atoms with Gasteiger partial charge in [-0.2, -0.15) is 0 Å². The van der Waals surface area contributed by atoms with Gasteiger partial charge in [0, 0.05) is 17.6 Å². The summed E-state index contributed by atoms with van der Waals surface area (Å²) >= 11 is 12.3. The molecule has 0 saturated heterocycles. The first-order chi connectivity index (χ1) is 15.3. The predicted octanol–water partition coefficient (Wildman–Crippen LogP) is 4.01. The maximum Gasteiger partial charge on any atom is 0.244 e. The number of hydrogen-bond acceptors (Lipinski definition) is 4. The Morgan fingerprint density at radius 1 is 1.06 bits per heavy atom. The lowest BCUT2D eigenvalue weighted by Crippen LogP contribution is -2.52. The molecule has 0 spiro atoms. The monoisotopic (exact) mass is 513 g/mol. The summed E-state index contributed by atoms with van der Waals surface area (Å²) in [4.78, 5) is 27.6. The Bertz CT molecular complexity index is 1120. The Hall–Kier alpha value is -2.29. The van der Waals surface area contributed by atoms with E-state index in [1.54, 1.807) is 6.92 Å².